The van der Waals surface area contributed by atoms with E-state index in [1.54, 1.807) is 6.20 Å². The van der Waals surface area contributed by atoms with E-state index in [9.17, 15) is 4.79 Å². The summed E-state index contributed by atoms with van der Waals surface area (Å²) in [7, 11) is 0. The smallest absolute Gasteiger partial charge is 0.146 e. The zero-order chi connectivity index (χ0) is 9.68. The Labute approximate surface area is 78.3 Å². The molecule has 2 heteroatoms. The molecule has 0 aliphatic carbocycles. The zero-order valence-corrected chi connectivity index (χ0v) is 7.90. The number of hydrogen-bond acceptors (Lipinski definition) is 2. The van der Waals surface area contributed by atoms with Crippen LogP contribution in [0, 0.1) is 5.92 Å². The summed E-state index contributed by atoms with van der Waals surface area (Å²) < 4.78 is 0. The van der Waals surface area contributed by atoms with Crippen molar-refractivity contribution in [1.29, 1.82) is 0 Å². The fourth-order valence-corrected chi connectivity index (χ4v) is 0.969. The number of allylic oxidation sites excluding steroid dienone is 1. The molecule has 68 valence electrons. The molecule has 1 rings (SSSR count). The number of hydrogen-bond donors (Lipinski definition) is 0. The Morgan fingerprint density at radius 3 is 2.69 bits per heavy atom. The van der Waals surface area contributed by atoms with Crippen molar-refractivity contribution in [2.75, 3.05) is 0 Å². The van der Waals surface area contributed by atoms with Gasteiger partial charge in [-0.2, -0.15) is 0 Å². The first-order valence-corrected chi connectivity index (χ1v) is 4.32. The molecule has 1 aromatic rings. The Kier molecular flexibility index (Phi) is 3.38. The molecule has 1 heterocycles. The molecule has 0 saturated heterocycles. The Morgan fingerprint density at radius 2 is 2.23 bits per heavy atom. The molecule has 0 spiro atoms. The molecular weight excluding hydrogens is 162 g/mol. The Bertz CT molecular complexity index is 301. The number of aldehydes is 1. The van der Waals surface area contributed by atoms with E-state index in [1.807, 2.05) is 38.1 Å². The fourth-order valence-electron chi connectivity index (χ4n) is 0.969. The van der Waals surface area contributed by atoms with Crippen molar-refractivity contribution in [3.05, 3.63) is 35.7 Å². The summed E-state index contributed by atoms with van der Waals surface area (Å²) in [5, 5.41) is 0. The van der Waals surface area contributed by atoms with E-state index in [1.165, 1.54) is 0 Å². The normalized spacial score (nSPS) is 11.8. The number of rotatable bonds is 3. The average molecular weight is 175 g/mol. The van der Waals surface area contributed by atoms with Crippen LogP contribution < -0.4 is 0 Å². The van der Waals surface area contributed by atoms with Crippen molar-refractivity contribution < 1.29 is 4.79 Å². The van der Waals surface area contributed by atoms with Gasteiger partial charge in [-0.05, 0) is 29.7 Å². The van der Waals surface area contributed by atoms with Crippen LogP contribution >= 0.6 is 0 Å². The third-order valence-corrected chi connectivity index (χ3v) is 1.81. The maximum atomic E-state index is 10.7. The Balaban J connectivity index is 2.92. The molecular formula is C11H13NO. The summed E-state index contributed by atoms with van der Waals surface area (Å²) >= 11 is 0. The predicted octanol–water partition coefficient (Wildman–Crippen LogP) is 2.32. The lowest BCUT2D eigenvalue weighted by molar-refractivity contribution is -0.105. The molecule has 0 saturated carbocycles. The molecule has 1 aromatic heterocycles. The van der Waals surface area contributed by atoms with Gasteiger partial charge in [0.25, 0.3) is 0 Å². The van der Waals surface area contributed by atoms with Crippen molar-refractivity contribution >= 4 is 12.4 Å². The van der Waals surface area contributed by atoms with Gasteiger partial charge in [-0.3, -0.25) is 9.78 Å². The minimum Gasteiger partial charge on any atom is -0.298 e. The van der Waals surface area contributed by atoms with Crippen LogP contribution in [0.15, 0.2) is 30.0 Å². The quantitative estimate of drug-likeness (QED) is 0.521. The van der Waals surface area contributed by atoms with Gasteiger partial charge in [0.15, 0.2) is 0 Å². The molecule has 0 aliphatic rings. The van der Waals surface area contributed by atoms with Crippen molar-refractivity contribution in [3.63, 3.8) is 0 Å². The first kappa shape index (κ1) is 9.65. The molecule has 0 aliphatic heterocycles. The Hall–Kier alpha value is -1.44. The summed E-state index contributed by atoms with van der Waals surface area (Å²) in [6, 6.07) is 5.64. The number of carbonyl (C=O) groups excluding carboxylic acids is 1. The van der Waals surface area contributed by atoms with Crippen LogP contribution in [0.1, 0.15) is 19.5 Å². The largest absolute Gasteiger partial charge is 0.298 e. The maximum absolute atomic E-state index is 10.7. The molecule has 0 unspecified atom stereocenters. The molecule has 0 fully saturated rings. The van der Waals surface area contributed by atoms with Crippen LogP contribution in [-0.2, 0) is 4.79 Å². The molecule has 0 bridgehead atoms. The maximum Gasteiger partial charge on any atom is 0.146 e. The third-order valence-electron chi connectivity index (χ3n) is 1.81. The highest BCUT2D eigenvalue weighted by Gasteiger charge is 2.01. The van der Waals surface area contributed by atoms with Crippen molar-refractivity contribution in [3.8, 4) is 0 Å². The van der Waals surface area contributed by atoms with E-state index < -0.39 is 0 Å². The predicted molar refractivity (Wildman–Crippen MR) is 53.1 cm³/mol. The number of carbonyl (C=O) groups is 1. The molecule has 0 N–H and O–H groups in total. The first-order chi connectivity index (χ1) is 6.24. The topological polar surface area (TPSA) is 30.0 Å². The number of pyridine rings is 1. The van der Waals surface area contributed by atoms with Crippen LogP contribution in [0.25, 0.3) is 6.08 Å². The summed E-state index contributed by atoms with van der Waals surface area (Å²) in [5.41, 5.74) is 1.61. The van der Waals surface area contributed by atoms with Crippen molar-refractivity contribution in [1.82, 2.24) is 4.98 Å². The van der Waals surface area contributed by atoms with Crippen molar-refractivity contribution in [2.24, 2.45) is 5.92 Å². The van der Waals surface area contributed by atoms with Crippen LogP contribution in [0.2, 0.25) is 0 Å². The van der Waals surface area contributed by atoms with Gasteiger partial charge >= 0.3 is 0 Å². The lowest BCUT2D eigenvalue weighted by Crippen LogP contribution is -1.95. The van der Waals surface area contributed by atoms with Crippen molar-refractivity contribution in [2.45, 2.75) is 13.8 Å². The van der Waals surface area contributed by atoms with Gasteiger partial charge in [-0.15, -0.1) is 0 Å². The monoisotopic (exact) mass is 175 g/mol. The summed E-state index contributed by atoms with van der Waals surface area (Å²) in [4.78, 5) is 14.8. The lowest BCUT2D eigenvalue weighted by Gasteiger charge is -2.02. The highest BCUT2D eigenvalue weighted by molar-refractivity contribution is 5.81. The highest BCUT2D eigenvalue weighted by Crippen LogP contribution is 2.10. The van der Waals surface area contributed by atoms with Crippen LogP contribution in [0.4, 0.5) is 0 Å². The molecule has 0 atom stereocenters. The average Bonchev–Trinajstić information content (AvgIpc) is 2.15. The van der Waals surface area contributed by atoms with Gasteiger partial charge in [0.2, 0.25) is 0 Å². The van der Waals surface area contributed by atoms with Gasteiger partial charge < -0.3 is 0 Å². The van der Waals surface area contributed by atoms with Gasteiger partial charge in [-0.25, -0.2) is 0 Å². The molecule has 0 radical (unpaired) electrons. The van der Waals surface area contributed by atoms with E-state index in [-0.39, 0.29) is 5.92 Å². The van der Waals surface area contributed by atoms with Gasteiger partial charge in [0.05, 0.1) is 5.69 Å². The number of aromatic nitrogens is 1. The van der Waals surface area contributed by atoms with E-state index in [0.29, 0.717) is 0 Å². The van der Waals surface area contributed by atoms with Crippen LogP contribution in [0.5, 0.6) is 0 Å². The third kappa shape index (κ3) is 2.82. The minimum absolute atomic E-state index is 0.250. The SMILES string of the molecule is CC(C)C(C=O)=Cc1ccccn1. The van der Waals surface area contributed by atoms with Gasteiger partial charge in [0, 0.05) is 6.20 Å². The van der Waals surface area contributed by atoms with Crippen LogP contribution in [0.3, 0.4) is 0 Å². The standard InChI is InChI=1S/C11H13NO/c1-9(2)10(8-13)7-11-5-3-4-6-12-11/h3-9H,1-2H3. The molecule has 0 aromatic carbocycles. The van der Waals surface area contributed by atoms with Gasteiger partial charge in [-0.1, -0.05) is 19.9 Å². The lowest BCUT2D eigenvalue weighted by atomic mass is 10.0. The summed E-state index contributed by atoms with van der Waals surface area (Å²) in [6.45, 7) is 3.98. The molecule has 0 amide bonds. The second-order valence-electron chi connectivity index (χ2n) is 3.17. The summed E-state index contributed by atoms with van der Waals surface area (Å²) in [6.07, 6.45) is 4.42. The number of nitrogens with zero attached hydrogens (tertiary/aromatic N) is 1. The second kappa shape index (κ2) is 4.55. The zero-order valence-electron chi connectivity index (χ0n) is 7.90. The second-order valence-corrected chi connectivity index (χ2v) is 3.17. The van der Waals surface area contributed by atoms with Gasteiger partial charge in [0.1, 0.15) is 6.29 Å². The van der Waals surface area contributed by atoms with E-state index in [0.717, 1.165) is 17.6 Å². The van der Waals surface area contributed by atoms with E-state index in [2.05, 4.69) is 4.98 Å². The highest BCUT2D eigenvalue weighted by atomic mass is 16.1. The fraction of sp³-hybridized carbons (Fsp3) is 0.273. The summed E-state index contributed by atoms with van der Waals surface area (Å²) in [5.74, 6) is 0.250. The van der Waals surface area contributed by atoms with E-state index >= 15 is 0 Å². The molecule has 2 nitrogen and oxygen atoms in total. The van der Waals surface area contributed by atoms with E-state index in [4.69, 9.17) is 0 Å². The Morgan fingerprint density at radius 1 is 1.46 bits per heavy atom. The minimum atomic E-state index is 0.250. The molecule has 13 heavy (non-hydrogen) atoms. The van der Waals surface area contributed by atoms with Crippen LogP contribution in [-0.4, -0.2) is 11.3 Å². The first-order valence-electron chi connectivity index (χ1n) is 4.32.